The second kappa shape index (κ2) is 9.27. The zero-order valence-corrected chi connectivity index (χ0v) is 16.4. The van der Waals surface area contributed by atoms with Gasteiger partial charge in [-0.1, -0.05) is 12.1 Å². The van der Waals surface area contributed by atoms with Gasteiger partial charge in [0, 0.05) is 5.69 Å². The highest BCUT2D eigenvalue weighted by Gasteiger charge is 2.18. The summed E-state index contributed by atoms with van der Waals surface area (Å²) in [5, 5.41) is 8.85. The number of halogens is 1. The number of anilines is 1. The SMILES string of the molecule is O=C(O)c1ccc(OCCOc2ccc(NS(=O)(=O)c3ccccc3F)cc2)cc1. The summed E-state index contributed by atoms with van der Waals surface area (Å²) in [4.78, 5) is 10.4. The van der Waals surface area contributed by atoms with Crippen LogP contribution >= 0.6 is 0 Å². The molecule has 0 aromatic heterocycles. The minimum Gasteiger partial charge on any atom is -0.490 e. The van der Waals surface area contributed by atoms with E-state index in [-0.39, 0.29) is 24.5 Å². The van der Waals surface area contributed by atoms with Crippen LogP contribution in [0, 0.1) is 5.82 Å². The molecule has 3 aromatic rings. The number of sulfonamides is 1. The number of aromatic carboxylic acids is 1. The van der Waals surface area contributed by atoms with Crippen LogP contribution in [0.1, 0.15) is 10.4 Å². The largest absolute Gasteiger partial charge is 0.490 e. The minimum atomic E-state index is -4.04. The molecule has 0 aliphatic rings. The quantitative estimate of drug-likeness (QED) is 0.500. The maximum Gasteiger partial charge on any atom is 0.335 e. The average Bonchev–Trinajstić information content (AvgIpc) is 2.72. The Hall–Kier alpha value is -3.59. The van der Waals surface area contributed by atoms with Gasteiger partial charge < -0.3 is 14.6 Å². The van der Waals surface area contributed by atoms with E-state index in [1.54, 1.807) is 24.3 Å². The molecule has 3 aromatic carbocycles. The van der Waals surface area contributed by atoms with Gasteiger partial charge in [-0.25, -0.2) is 17.6 Å². The number of carboxylic acid groups (broad SMARTS) is 1. The summed E-state index contributed by atoms with van der Waals surface area (Å²) in [7, 11) is -4.04. The van der Waals surface area contributed by atoms with Gasteiger partial charge >= 0.3 is 5.97 Å². The van der Waals surface area contributed by atoms with Crippen LogP contribution in [0.4, 0.5) is 10.1 Å². The van der Waals surface area contributed by atoms with Gasteiger partial charge in [-0.3, -0.25) is 4.72 Å². The van der Waals surface area contributed by atoms with E-state index in [4.69, 9.17) is 14.6 Å². The molecule has 0 aliphatic heterocycles. The van der Waals surface area contributed by atoms with E-state index in [0.717, 1.165) is 6.07 Å². The highest BCUT2D eigenvalue weighted by atomic mass is 32.2. The normalized spacial score (nSPS) is 11.0. The first kappa shape index (κ1) is 21.1. The number of hydrogen-bond acceptors (Lipinski definition) is 5. The topological polar surface area (TPSA) is 102 Å². The molecule has 0 heterocycles. The second-order valence-electron chi connectivity index (χ2n) is 6.09. The molecule has 0 unspecified atom stereocenters. The van der Waals surface area contributed by atoms with E-state index >= 15 is 0 Å². The lowest BCUT2D eigenvalue weighted by molar-refractivity contribution is 0.0697. The Labute approximate surface area is 172 Å². The molecule has 0 amide bonds. The summed E-state index contributed by atoms with van der Waals surface area (Å²) in [6.45, 7) is 0.453. The number of carboxylic acids is 1. The Morgan fingerprint density at radius 2 is 1.40 bits per heavy atom. The van der Waals surface area contributed by atoms with Crippen molar-refractivity contribution in [2.45, 2.75) is 4.90 Å². The third-order valence-electron chi connectivity index (χ3n) is 3.95. The van der Waals surface area contributed by atoms with Crippen LogP contribution < -0.4 is 14.2 Å². The van der Waals surface area contributed by atoms with Crippen molar-refractivity contribution in [2.75, 3.05) is 17.9 Å². The summed E-state index contributed by atoms with van der Waals surface area (Å²) in [5.41, 5.74) is 0.435. The zero-order valence-electron chi connectivity index (χ0n) is 15.6. The minimum absolute atomic E-state index is 0.171. The monoisotopic (exact) mass is 431 g/mol. The van der Waals surface area contributed by atoms with Crippen LogP contribution in [0.5, 0.6) is 11.5 Å². The first-order chi connectivity index (χ1) is 14.3. The van der Waals surface area contributed by atoms with E-state index in [9.17, 15) is 17.6 Å². The standard InChI is InChI=1S/C21H18FNO6S/c22-19-3-1-2-4-20(19)30(26,27)23-16-7-11-18(12-8-16)29-14-13-28-17-9-5-15(6-10-17)21(24)25/h1-12,23H,13-14H2,(H,24,25). The number of rotatable bonds is 9. The van der Waals surface area contributed by atoms with Gasteiger partial charge in [-0.05, 0) is 60.7 Å². The van der Waals surface area contributed by atoms with Crippen molar-refractivity contribution in [2.24, 2.45) is 0 Å². The van der Waals surface area contributed by atoms with Gasteiger partial charge in [0.1, 0.15) is 35.4 Å². The molecule has 0 fully saturated rings. The van der Waals surface area contributed by atoms with E-state index in [0.29, 0.717) is 11.5 Å². The number of carbonyl (C=O) groups is 1. The molecule has 0 saturated carbocycles. The highest BCUT2D eigenvalue weighted by molar-refractivity contribution is 7.92. The molecule has 156 valence electrons. The van der Waals surface area contributed by atoms with Crippen molar-refractivity contribution in [1.29, 1.82) is 0 Å². The Kier molecular flexibility index (Phi) is 6.53. The molecule has 0 atom stereocenters. The molecular formula is C21H18FNO6S. The number of nitrogens with one attached hydrogen (secondary N) is 1. The summed E-state index contributed by atoms with van der Waals surface area (Å²) in [6.07, 6.45) is 0. The molecule has 7 nitrogen and oxygen atoms in total. The molecule has 2 N–H and O–H groups in total. The van der Waals surface area contributed by atoms with Gasteiger partial charge in [-0.2, -0.15) is 0 Å². The zero-order chi connectivity index (χ0) is 21.6. The number of benzene rings is 3. The Bertz CT molecular complexity index is 1110. The fraction of sp³-hybridized carbons (Fsp3) is 0.0952. The van der Waals surface area contributed by atoms with Gasteiger partial charge in [-0.15, -0.1) is 0 Å². The van der Waals surface area contributed by atoms with Crippen LogP contribution in [-0.4, -0.2) is 32.7 Å². The fourth-order valence-corrected chi connectivity index (χ4v) is 3.64. The summed E-state index contributed by atoms with van der Waals surface area (Å²) in [6, 6.07) is 17.3. The number of ether oxygens (including phenoxy) is 2. The first-order valence-corrected chi connectivity index (χ1v) is 10.3. The Morgan fingerprint density at radius 3 is 1.93 bits per heavy atom. The van der Waals surface area contributed by atoms with E-state index in [2.05, 4.69) is 4.72 Å². The van der Waals surface area contributed by atoms with Crippen LogP contribution in [0.25, 0.3) is 0 Å². The van der Waals surface area contributed by atoms with Gasteiger partial charge in [0.2, 0.25) is 0 Å². The Balaban J connectivity index is 1.50. The van der Waals surface area contributed by atoms with E-state index in [1.165, 1.54) is 42.5 Å². The van der Waals surface area contributed by atoms with Crippen LogP contribution in [0.15, 0.2) is 77.7 Å². The summed E-state index contributed by atoms with van der Waals surface area (Å²) >= 11 is 0. The maximum absolute atomic E-state index is 13.7. The van der Waals surface area contributed by atoms with Crippen molar-refractivity contribution in [3.8, 4) is 11.5 Å². The molecule has 30 heavy (non-hydrogen) atoms. The predicted molar refractivity (Wildman–Crippen MR) is 108 cm³/mol. The molecule has 0 aliphatic carbocycles. The van der Waals surface area contributed by atoms with Crippen molar-refractivity contribution < 1.29 is 32.2 Å². The smallest absolute Gasteiger partial charge is 0.335 e. The molecule has 0 radical (unpaired) electrons. The maximum atomic E-state index is 13.7. The van der Waals surface area contributed by atoms with Crippen LogP contribution in [-0.2, 0) is 10.0 Å². The van der Waals surface area contributed by atoms with Crippen LogP contribution in [0.3, 0.4) is 0 Å². The van der Waals surface area contributed by atoms with Gasteiger partial charge in [0.05, 0.1) is 5.56 Å². The van der Waals surface area contributed by atoms with Gasteiger partial charge in [0.15, 0.2) is 0 Å². The molecule has 9 heteroatoms. The lowest BCUT2D eigenvalue weighted by atomic mass is 10.2. The molecule has 0 saturated heterocycles. The molecule has 0 spiro atoms. The molecule has 0 bridgehead atoms. The lowest BCUT2D eigenvalue weighted by Crippen LogP contribution is -2.14. The molecular weight excluding hydrogens is 413 g/mol. The van der Waals surface area contributed by atoms with Crippen molar-refractivity contribution in [1.82, 2.24) is 0 Å². The third-order valence-corrected chi connectivity index (χ3v) is 5.37. The summed E-state index contributed by atoms with van der Waals surface area (Å²) < 4.78 is 51.6. The average molecular weight is 431 g/mol. The van der Waals surface area contributed by atoms with Gasteiger partial charge in [0.25, 0.3) is 10.0 Å². The second-order valence-corrected chi connectivity index (χ2v) is 7.74. The van der Waals surface area contributed by atoms with Crippen molar-refractivity contribution >= 4 is 21.7 Å². The lowest BCUT2D eigenvalue weighted by Gasteiger charge is -2.11. The Morgan fingerprint density at radius 1 is 0.867 bits per heavy atom. The van der Waals surface area contributed by atoms with E-state index in [1.807, 2.05) is 0 Å². The fourth-order valence-electron chi connectivity index (χ4n) is 2.50. The summed E-state index contributed by atoms with van der Waals surface area (Å²) in [5.74, 6) is -0.831. The van der Waals surface area contributed by atoms with Crippen LogP contribution in [0.2, 0.25) is 0 Å². The number of hydrogen-bond donors (Lipinski definition) is 2. The van der Waals surface area contributed by atoms with Crippen molar-refractivity contribution in [3.63, 3.8) is 0 Å². The first-order valence-electron chi connectivity index (χ1n) is 8.81. The third kappa shape index (κ3) is 5.48. The van der Waals surface area contributed by atoms with E-state index < -0.39 is 26.7 Å². The highest BCUT2D eigenvalue weighted by Crippen LogP contribution is 2.21. The predicted octanol–water partition coefficient (Wildman–Crippen LogP) is 3.78. The van der Waals surface area contributed by atoms with Crippen molar-refractivity contribution in [3.05, 3.63) is 84.2 Å². The molecule has 3 rings (SSSR count).